The summed E-state index contributed by atoms with van der Waals surface area (Å²) < 4.78 is 13.2. The quantitative estimate of drug-likeness (QED) is 0.799. The van der Waals surface area contributed by atoms with E-state index < -0.39 is 11.9 Å². The van der Waals surface area contributed by atoms with E-state index in [9.17, 15) is 9.18 Å². The normalized spacial score (nSPS) is 12.3. The standard InChI is InChI=1S/C11H15FN2O/c1-3-9(13)11(15)14-10-6-7(2)4-5-8(10)12/h4-6,9H,3,13H2,1-2H3,(H,14,15)/t9-/m1/s1. The number of nitrogens with one attached hydrogen (secondary N) is 1. The monoisotopic (exact) mass is 210 g/mol. The van der Waals surface area contributed by atoms with Crippen LogP contribution in [0.2, 0.25) is 0 Å². The van der Waals surface area contributed by atoms with Gasteiger partial charge < -0.3 is 11.1 Å². The Hall–Kier alpha value is -1.42. The summed E-state index contributed by atoms with van der Waals surface area (Å²) in [5.41, 5.74) is 6.59. The minimum absolute atomic E-state index is 0.184. The first-order valence-electron chi connectivity index (χ1n) is 4.87. The van der Waals surface area contributed by atoms with Crippen LogP contribution in [0.25, 0.3) is 0 Å². The SMILES string of the molecule is CC[C@@H](N)C(=O)Nc1cc(C)ccc1F. The summed E-state index contributed by atoms with van der Waals surface area (Å²) in [5, 5.41) is 2.46. The van der Waals surface area contributed by atoms with Gasteiger partial charge in [-0.1, -0.05) is 13.0 Å². The molecule has 4 heteroatoms. The third kappa shape index (κ3) is 3.02. The molecule has 1 aromatic rings. The van der Waals surface area contributed by atoms with Gasteiger partial charge >= 0.3 is 0 Å². The molecule has 1 rings (SSSR count). The number of benzene rings is 1. The average Bonchev–Trinajstić information content (AvgIpc) is 2.22. The molecule has 0 aliphatic rings. The first-order valence-corrected chi connectivity index (χ1v) is 4.87. The number of nitrogens with two attached hydrogens (primary N) is 1. The van der Waals surface area contributed by atoms with E-state index in [-0.39, 0.29) is 11.6 Å². The molecule has 0 aliphatic heterocycles. The van der Waals surface area contributed by atoms with Gasteiger partial charge in [0.15, 0.2) is 0 Å². The highest BCUT2D eigenvalue weighted by atomic mass is 19.1. The maximum atomic E-state index is 13.2. The lowest BCUT2D eigenvalue weighted by Crippen LogP contribution is -2.35. The van der Waals surface area contributed by atoms with Crippen molar-refractivity contribution in [3.8, 4) is 0 Å². The van der Waals surface area contributed by atoms with Crippen molar-refractivity contribution >= 4 is 11.6 Å². The van der Waals surface area contributed by atoms with Gasteiger partial charge in [0.25, 0.3) is 0 Å². The molecule has 1 amide bonds. The number of halogens is 1. The zero-order valence-corrected chi connectivity index (χ0v) is 8.88. The molecule has 0 unspecified atom stereocenters. The second-order valence-corrected chi connectivity index (χ2v) is 3.49. The van der Waals surface area contributed by atoms with Gasteiger partial charge in [0.1, 0.15) is 5.82 Å². The Balaban J connectivity index is 2.80. The van der Waals surface area contributed by atoms with Crippen molar-refractivity contribution in [3.05, 3.63) is 29.6 Å². The lowest BCUT2D eigenvalue weighted by atomic mass is 10.2. The molecule has 3 nitrogen and oxygen atoms in total. The van der Waals surface area contributed by atoms with Crippen LogP contribution < -0.4 is 11.1 Å². The molecule has 0 heterocycles. The molecule has 15 heavy (non-hydrogen) atoms. The number of carbonyl (C=O) groups is 1. The van der Waals surface area contributed by atoms with E-state index in [1.54, 1.807) is 19.1 Å². The number of amides is 1. The van der Waals surface area contributed by atoms with Crippen LogP contribution in [-0.2, 0) is 4.79 Å². The number of hydrogen-bond donors (Lipinski definition) is 2. The summed E-state index contributed by atoms with van der Waals surface area (Å²) in [4.78, 5) is 11.4. The van der Waals surface area contributed by atoms with Crippen molar-refractivity contribution in [1.82, 2.24) is 0 Å². The zero-order valence-electron chi connectivity index (χ0n) is 8.88. The minimum Gasteiger partial charge on any atom is -0.322 e. The van der Waals surface area contributed by atoms with E-state index in [1.165, 1.54) is 6.07 Å². The molecule has 0 spiro atoms. The smallest absolute Gasteiger partial charge is 0.241 e. The van der Waals surface area contributed by atoms with Gasteiger partial charge in [-0.3, -0.25) is 4.79 Å². The van der Waals surface area contributed by atoms with Crippen LogP contribution in [0.3, 0.4) is 0 Å². The molecule has 82 valence electrons. The number of aryl methyl sites for hydroxylation is 1. The molecule has 1 aromatic carbocycles. The maximum Gasteiger partial charge on any atom is 0.241 e. The zero-order chi connectivity index (χ0) is 11.4. The van der Waals surface area contributed by atoms with E-state index in [0.29, 0.717) is 6.42 Å². The summed E-state index contributed by atoms with van der Waals surface area (Å²) in [6, 6.07) is 3.95. The Morgan fingerprint density at radius 2 is 2.27 bits per heavy atom. The van der Waals surface area contributed by atoms with Gasteiger partial charge in [-0.05, 0) is 31.0 Å². The van der Waals surface area contributed by atoms with Gasteiger partial charge in [0.05, 0.1) is 11.7 Å². The molecule has 1 atom stereocenters. The highest BCUT2D eigenvalue weighted by molar-refractivity contribution is 5.94. The fourth-order valence-electron chi connectivity index (χ4n) is 1.15. The summed E-state index contributed by atoms with van der Waals surface area (Å²) in [7, 11) is 0. The van der Waals surface area contributed by atoms with Crippen molar-refractivity contribution in [2.24, 2.45) is 5.73 Å². The Morgan fingerprint density at radius 1 is 1.60 bits per heavy atom. The van der Waals surface area contributed by atoms with E-state index in [1.807, 2.05) is 6.92 Å². The van der Waals surface area contributed by atoms with E-state index in [4.69, 9.17) is 5.73 Å². The van der Waals surface area contributed by atoms with E-state index >= 15 is 0 Å². The average molecular weight is 210 g/mol. The van der Waals surface area contributed by atoms with Gasteiger partial charge in [0, 0.05) is 0 Å². The molecule has 0 radical (unpaired) electrons. The Labute approximate surface area is 88.5 Å². The summed E-state index contributed by atoms with van der Waals surface area (Å²) in [6.45, 7) is 3.63. The topological polar surface area (TPSA) is 55.1 Å². The van der Waals surface area contributed by atoms with Crippen LogP contribution in [-0.4, -0.2) is 11.9 Å². The summed E-state index contributed by atoms with van der Waals surface area (Å²) in [5.74, 6) is -0.806. The molecular weight excluding hydrogens is 195 g/mol. The fraction of sp³-hybridized carbons (Fsp3) is 0.364. The van der Waals surface area contributed by atoms with Crippen LogP contribution >= 0.6 is 0 Å². The van der Waals surface area contributed by atoms with Crippen LogP contribution in [0, 0.1) is 12.7 Å². The highest BCUT2D eigenvalue weighted by Crippen LogP contribution is 2.15. The van der Waals surface area contributed by atoms with Crippen LogP contribution in [0.1, 0.15) is 18.9 Å². The van der Waals surface area contributed by atoms with Gasteiger partial charge in [-0.2, -0.15) is 0 Å². The molecular formula is C11H15FN2O. The van der Waals surface area contributed by atoms with Gasteiger partial charge in [-0.25, -0.2) is 4.39 Å². The summed E-state index contributed by atoms with van der Waals surface area (Å²) in [6.07, 6.45) is 0.527. The largest absolute Gasteiger partial charge is 0.322 e. The second kappa shape index (κ2) is 4.89. The van der Waals surface area contributed by atoms with Crippen molar-refractivity contribution in [3.63, 3.8) is 0 Å². The van der Waals surface area contributed by atoms with Crippen LogP contribution in [0.15, 0.2) is 18.2 Å². The number of rotatable bonds is 3. The molecule has 0 saturated carbocycles. The number of carbonyl (C=O) groups excluding carboxylic acids is 1. The molecule has 0 aromatic heterocycles. The van der Waals surface area contributed by atoms with Crippen molar-refractivity contribution in [1.29, 1.82) is 0 Å². The molecule has 3 N–H and O–H groups in total. The van der Waals surface area contributed by atoms with Gasteiger partial charge in [-0.15, -0.1) is 0 Å². The van der Waals surface area contributed by atoms with Gasteiger partial charge in [0.2, 0.25) is 5.91 Å². The van der Waals surface area contributed by atoms with Crippen LogP contribution in [0.5, 0.6) is 0 Å². The Morgan fingerprint density at radius 3 is 2.87 bits per heavy atom. The Bertz CT molecular complexity index is 366. The molecule has 0 saturated heterocycles. The summed E-state index contributed by atoms with van der Waals surface area (Å²) >= 11 is 0. The second-order valence-electron chi connectivity index (χ2n) is 3.49. The van der Waals surface area contributed by atoms with Crippen molar-refractivity contribution < 1.29 is 9.18 Å². The van der Waals surface area contributed by atoms with Crippen molar-refractivity contribution in [2.45, 2.75) is 26.3 Å². The lowest BCUT2D eigenvalue weighted by Gasteiger charge is -2.11. The molecule has 0 fully saturated rings. The molecule has 0 aliphatic carbocycles. The first-order chi connectivity index (χ1) is 7.04. The lowest BCUT2D eigenvalue weighted by molar-refractivity contribution is -0.117. The fourth-order valence-corrected chi connectivity index (χ4v) is 1.15. The minimum atomic E-state index is -0.593. The predicted molar refractivity (Wildman–Crippen MR) is 58.0 cm³/mol. The Kier molecular flexibility index (Phi) is 3.80. The first kappa shape index (κ1) is 11.7. The van der Waals surface area contributed by atoms with E-state index in [2.05, 4.69) is 5.32 Å². The number of hydrogen-bond acceptors (Lipinski definition) is 2. The number of anilines is 1. The third-order valence-corrected chi connectivity index (χ3v) is 2.16. The predicted octanol–water partition coefficient (Wildman–Crippen LogP) is 1.81. The van der Waals surface area contributed by atoms with Crippen LogP contribution in [0.4, 0.5) is 10.1 Å². The third-order valence-electron chi connectivity index (χ3n) is 2.16. The highest BCUT2D eigenvalue weighted by Gasteiger charge is 2.12. The van der Waals surface area contributed by atoms with E-state index in [0.717, 1.165) is 5.56 Å². The molecule has 0 bridgehead atoms. The van der Waals surface area contributed by atoms with Crippen molar-refractivity contribution in [2.75, 3.05) is 5.32 Å². The maximum absolute atomic E-state index is 13.2.